The van der Waals surface area contributed by atoms with Crippen LogP contribution < -0.4 is 4.90 Å². The number of aromatic nitrogens is 1. The molecule has 9 rings (SSSR count). The van der Waals surface area contributed by atoms with Crippen molar-refractivity contribution in [2.24, 2.45) is 0 Å². The molecule has 2 heteroatoms. The Bertz CT molecular complexity index is 1760. The van der Waals surface area contributed by atoms with Crippen LogP contribution in [-0.4, -0.2) is 4.98 Å². The Labute approximate surface area is 204 Å². The number of nitrogens with zero attached hydrogens (tertiary/aromatic N) is 2. The van der Waals surface area contributed by atoms with Crippen LogP contribution in [0.1, 0.15) is 44.5 Å². The number of para-hydroxylation sites is 1. The fraction of sp³-hybridized carbons (Fsp3) is 0.121. The van der Waals surface area contributed by atoms with Gasteiger partial charge in [0.15, 0.2) is 0 Å². The molecule has 0 fully saturated rings. The molecule has 1 aromatic heterocycles. The molecule has 0 amide bonds. The third-order valence-electron chi connectivity index (χ3n) is 8.54. The van der Waals surface area contributed by atoms with Crippen molar-refractivity contribution in [1.82, 2.24) is 4.98 Å². The van der Waals surface area contributed by atoms with Gasteiger partial charge in [-0.15, -0.1) is 0 Å². The molecule has 0 saturated heterocycles. The lowest BCUT2D eigenvalue weighted by Gasteiger charge is -2.39. The molecule has 2 aliphatic carbocycles. The van der Waals surface area contributed by atoms with Crippen LogP contribution in [0, 0.1) is 0 Å². The molecule has 4 aliphatic rings. The summed E-state index contributed by atoms with van der Waals surface area (Å²) in [4.78, 5) is 6.96. The average molecular weight is 447 g/mol. The number of fused-ring (bicyclic) bond motifs is 10. The Morgan fingerprint density at radius 2 is 1.11 bits per heavy atom. The van der Waals surface area contributed by atoms with Gasteiger partial charge in [-0.2, -0.15) is 0 Å². The number of hydrogen-bond donors (Lipinski definition) is 0. The van der Waals surface area contributed by atoms with Crippen molar-refractivity contribution >= 4 is 17.1 Å². The molecular formula is C33H22N2. The predicted molar refractivity (Wildman–Crippen MR) is 141 cm³/mol. The van der Waals surface area contributed by atoms with E-state index in [1.165, 1.54) is 83.8 Å². The van der Waals surface area contributed by atoms with Gasteiger partial charge >= 0.3 is 0 Å². The van der Waals surface area contributed by atoms with Crippen LogP contribution in [0.5, 0.6) is 0 Å². The van der Waals surface area contributed by atoms with Gasteiger partial charge < -0.3 is 4.90 Å². The Morgan fingerprint density at radius 1 is 0.486 bits per heavy atom. The molecule has 35 heavy (non-hydrogen) atoms. The second kappa shape index (κ2) is 6.28. The summed E-state index contributed by atoms with van der Waals surface area (Å²) in [6.45, 7) is 0. The molecule has 0 bridgehead atoms. The van der Waals surface area contributed by atoms with Gasteiger partial charge in [0.25, 0.3) is 0 Å². The topological polar surface area (TPSA) is 16.1 Å². The number of anilines is 3. The number of hydrogen-bond acceptors (Lipinski definition) is 2. The van der Waals surface area contributed by atoms with Crippen LogP contribution in [0.25, 0.3) is 22.3 Å². The zero-order valence-electron chi connectivity index (χ0n) is 19.3. The van der Waals surface area contributed by atoms with Gasteiger partial charge in [-0.05, 0) is 110 Å². The van der Waals surface area contributed by atoms with Crippen LogP contribution in [0.2, 0.25) is 0 Å². The van der Waals surface area contributed by atoms with Gasteiger partial charge in [0.1, 0.15) is 0 Å². The molecule has 0 N–H and O–H groups in total. The summed E-state index contributed by atoms with van der Waals surface area (Å²) in [5, 5.41) is 0. The van der Waals surface area contributed by atoms with Crippen LogP contribution >= 0.6 is 0 Å². The Kier molecular flexibility index (Phi) is 3.27. The lowest BCUT2D eigenvalue weighted by molar-refractivity contribution is 0.998. The third kappa shape index (κ3) is 2.32. The van der Waals surface area contributed by atoms with Crippen molar-refractivity contribution in [2.75, 3.05) is 4.90 Å². The minimum Gasteiger partial charge on any atom is -0.309 e. The maximum absolute atomic E-state index is 4.44. The minimum absolute atomic E-state index is 0.960. The second-order valence-corrected chi connectivity index (χ2v) is 10.4. The highest BCUT2D eigenvalue weighted by Crippen LogP contribution is 2.53. The zero-order chi connectivity index (χ0) is 22.7. The maximum Gasteiger partial charge on any atom is 0.0532 e. The number of benzene rings is 4. The van der Waals surface area contributed by atoms with E-state index in [1.54, 1.807) is 0 Å². The fourth-order valence-electron chi connectivity index (χ4n) is 7.03. The molecule has 0 atom stereocenters. The van der Waals surface area contributed by atoms with E-state index in [4.69, 9.17) is 0 Å². The van der Waals surface area contributed by atoms with Crippen molar-refractivity contribution in [3.05, 3.63) is 130 Å². The van der Waals surface area contributed by atoms with Gasteiger partial charge in [0, 0.05) is 25.2 Å². The molecule has 0 unspecified atom stereocenters. The van der Waals surface area contributed by atoms with Crippen molar-refractivity contribution < 1.29 is 0 Å². The third-order valence-corrected chi connectivity index (χ3v) is 8.54. The summed E-state index contributed by atoms with van der Waals surface area (Å²) in [6.07, 6.45) is 7.99. The summed E-state index contributed by atoms with van der Waals surface area (Å²) in [7, 11) is 0. The molecule has 0 saturated carbocycles. The first-order valence-electron chi connectivity index (χ1n) is 12.6. The van der Waals surface area contributed by atoms with Gasteiger partial charge in [-0.1, -0.05) is 42.5 Å². The molecule has 2 nitrogen and oxygen atoms in total. The molecule has 0 radical (unpaired) electrons. The van der Waals surface area contributed by atoms with E-state index in [0.29, 0.717) is 0 Å². The average Bonchev–Trinajstić information content (AvgIpc) is 3.43. The molecule has 164 valence electrons. The SMILES string of the molecule is c1ccc2c(c1)Cc1cc3c(cc1-2)Cc1cc2c(cc1-3)Cc1cccc3c1N2c1ccncc1C3. The predicted octanol–water partition coefficient (Wildman–Crippen LogP) is 7.50. The summed E-state index contributed by atoms with van der Waals surface area (Å²) in [5.74, 6) is 0. The highest BCUT2D eigenvalue weighted by Gasteiger charge is 2.33. The van der Waals surface area contributed by atoms with Gasteiger partial charge in [-0.3, -0.25) is 4.98 Å². The van der Waals surface area contributed by atoms with Crippen molar-refractivity contribution in [2.45, 2.75) is 25.7 Å². The van der Waals surface area contributed by atoms with E-state index >= 15 is 0 Å². The monoisotopic (exact) mass is 446 g/mol. The normalized spacial score (nSPS) is 14.9. The van der Waals surface area contributed by atoms with Crippen LogP contribution in [-0.2, 0) is 25.7 Å². The van der Waals surface area contributed by atoms with E-state index in [2.05, 4.69) is 82.7 Å². The van der Waals surface area contributed by atoms with Gasteiger partial charge in [0.2, 0.25) is 0 Å². The fourth-order valence-corrected chi connectivity index (χ4v) is 7.03. The molecule has 0 spiro atoms. The number of rotatable bonds is 0. The highest BCUT2D eigenvalue weighted by atomic mass is 15.2. The van der Waals surface area contributed by atoms with Gasteiger partial charge in [-0.25, -0.2) is 0 Å². The first kappa shape index (κ1) is 18.2. The molecule has 3 heterocycles. The summed E-state index contributed by atoms with van der Waals surface area (Å²) < 4.78 is 0. The molecule has 2 aliphatic heterocycles. The Morgan fingerprint density at radius 3 is 1.97 bits per heavy atom. The Balaban J connectivity index is 1.23. The first-order valence-corrected chi connectivity index (χ1v) is 12.6. The smallest absolute Gasteiger partial charge is 0.0532 e. The van der Waals surface area contributed by atoms with Crippen molar-refractivity contribution in [3.63, 3.8) is 0 Å². The number of pyridine rings is 1. The quantitative estimate of drug-likeness (QED) is 0.240. The van der Waals surface area contributed by atoms with Crippen molar-refractivity contribution in [1.29, 1.82) is 0 Å². The summed E-state index contributed by atoms with van der Waals surface area (Å²) >= 11 is 0. The largest absolute Gasteiger partial charge is 0.309 e. The van der Waals surface area contributed by atoms with E-state index in [9.17, 15) is 0 Å². The van der Waals surface area contributed by atoms with E-state index in [1.807, 2.05) is 12.4 Å². The highest BCUT2D eigenvalue weighted by molar-refractivity contribution is 5.93. The maximum atomic E-state index is 4.44. The lowest BCUT2D eigenvalue weighted by Crippen LogP contribution is -2.24. The molecule has 4 aromatic carbocycles. The minimum atomic E-state index is 0.960. The van der Waals surface area contributed by atoms with E-state index < -0.39 is 0 Å². The van der Waals surface area contributed by atoms with Crippen LogP contribution in [0.4, 0.5) is 17.1 Å². The standard InChI is InChI=1S/C33H22N2/c1-2-7-27-19(4-1)10-22-15-29-23(14-28(22)27)13-24-17-32-25(16-30(24)29)11-20-5-3-6-21-12-26-18-34-9-8-31(26)35(32)33(20)21/h1-9,14-18H,10-13H2. The van der Waals surface area contributed by atoms with E-state index in [0.717, 1.165) is 25.7 Å². The van der Waals surface area contributed by atoms with Crippen molar-refractivity contribution in [3.8, 4) is 22.3 Å². The van der Waals surface area contributed by atoms with Gasteiger partial charge in [0.05, 0.1) is 17.1 Å². The van der Waals surface area contributed by atoms with E-state index in [-0.39, 0.29) is 0 Å². The molecule has 5 aromatic rings. The molecular weight excluding hydrogens is 424 g/mol. The lowest BCUT2D eigenvalue weighted by atomic mass is 9.85. The Hall–Kier alpha value is -4.17. The van der Waals surface area contributed by atoms with Crippen LogP contribution in [0.3, 0.4) is 0 Å². The summed E-state index contributed by atoms with van der Waals surface area (Å²) in [5.41, 5.74) is 21.2. The summed E-state index contributed by atoms with van der Waals surface area (Å²) in [6, 6.07) is 27.9. The van der Waals surface area contributed by atoms with Crippen LogP contribution in [0.15, 0.2) is 85.2 Å². The zero-order valence-corrected chi connectivity index (χ0v) is 19.3. The second-order valence-electron chi connectivity index (χ2n) is 10.4. The first-order chi connectivity index (χ1) is 17.3.